The number of hydrogen-bond acceptors (Lipinski definition) is 4. The van der Waals surface area contributed by atoms with Crippen LogP contribution in [0.4, 0.5) is 5.69 Å². The van der Waals surface area contributed by atoms with E-state index in [-0.39, 0.29) is 5.91 Å². The fourth-order valence-electron chi connectivity index (χ4n) is 4.43. The lowest BCUT2D eigenvalue weighted by atomic mass is 10.1. The van der Waals surface area contributed by atoms with Crippen LogP contribution in [0.1, 0.15) is 33.6 Å². The Kier molecular flexibility index (Phi) is 7.58. The van der Waals surface area contributed by atoms with Crippen molar-refractivity contribution in [3.8, 4) is 11.4 Å². The van der Waals surface area contributed by atoms with E-state index in [4.69, 9.17) is 4.74 Å². The van der Waals surface area contributed by atoms with Crippen LogP contribution in [0.15, 0.2) is 87.2 Å². The average molecular weight is 587 g/mol. The molecule has 0 aliphatic carbocycles. The normalized spacial score (nSPS) is 15.3. The molecule has 0 spiro atoms. The third-order valence-corrected chi connectivity index (χ3v) is 7.83. The number of halogens is 1. The van der Waals surface area contributed by atoms with Crippen molar-refractivity contribution in [3.05, 3.63) is 116 Å². The zero-order chi connectivity index (χ0) is 26.8. The molecule has 1 amide bonds. The summed E-state index contributed by atoms with van der Waals surface area (Å²) in [4.78, 5) is 18.0. The topological polar surface area (TPSA) is 55.6 Å². The average Bonchev–Trinajstić information content (AvgIpc) is 3.38. The Balaban J connectivity index is 1.32. The van der Waals surface area contributed by atoms with Crippen molar-refractivity contribution in [3.63, 3.8) is 0 Å². The van der Waals surface area contributed by atoms with E-state index in [9.17, 15) is 4.79 Å². The molecule has 0 saturated carbocycles. The highest BCUT2D eigenvalue weighted by atomic mass is 79.9. The third kappa shape index (κ3) is 5.79. The van der Waals surface area contributed by atoms with E-state index in [0.29, 0.717) is 16.7 Å². The maximum absolute atomic E-state index is 12.7. The summed E-state index contributed by atoms with van der Waals surface area (Å²) in [6.07, 6.45) is 1.94. The van der Waals surface area contributed by atoms with Gasteiger partial charge in [-0.1, -0.05) is 45.8 Å². The summed E-state index contributed by atoms with van der Waals surface area (Å²) in [6.45, 7) is 8.74. The third-order valence-electron chi connectivity index (χ3n) is 6.40. The summed E-state index contributed by atoms with van der Waals surface area (Å²) in [7, 11) is 0. The van der Waals surface area contributed by atoms with Gasteiger partial charge in [-0.3, -0.25) is 4.79 Å². The molecule has 2 heterocycles. The molecule has 0 unspecified atom stereocenters. The zero-order valence-corrected chi connectivity index (χ0v) is 24.1. The van der Waals surface area contributed by atoms with Gasteiger partial charge in [-0.15, -0.1) is 0 Å². The smallest absolute Gasteiger partial charge is 0.264 e. The Morgan fingerprint density at radius 1 is 0.974 bits per heavy atom. The van der Waals surface area contributed by atoms with Gasteiger partial charge >= 0.3 is 0 Å². The molecule has 5 rings (SSSR count). The van der Waals surface area contributed by atoms with Gasteiger partial charge in [0.05, 0.1) is 10.6 Å². The lowest BCUT2D eigenvalue weighted by Gasteiger charge is -2.11. The van der Waals surface area contributed by atoms with Crippen LogP contribution in [0.5, 0.6) is 5.75 Å². The largest absolute Gasteiger partial charge is 0.489 e. The molecule has 0 radical (unpaired) electrons. The van der Waals surface area contributed by atoms with Crippen molar-refractivity contribution >= 4 is 50.5 Å². The van der Waals surface area contributed by atoms with Gasteiger partial charge in [0, 0.05) is 21.5 Å². The van der Waals surface area contributed by atoms with Crippen molar-refractivity contribution in [2.24, 2.45) is 4.99 Å². The molecule has 3 aromatic carbocycles. The monoisotopic (exact) mass is 585 g/mol. The minimum Gasteiger partial charge on any atom is -0.489 e. The predicted molar refractivity (Wildman–Crippen MR) is 160 cm³/mol. The van der Waals surface area contributed by atoms with E-state index in [1.807, 2.05) is 61.5 Å². The zero-order valence-electron chi connectivity index (χ0n) is 21.7. The lowest BCUT2D eigenvalue weighted by molar-refractivity contribution is -0.115. The number of aliphatic imine (C=N–C) groups is 1. The van der Waals surface area contributed by atoms with E-state index in [0.717, 1.165) is 49.7 Å². The van der Waals surface area contributed by atoms with Gasteiger partial charge in [0.2, 0.25) is 0 Å². The molecular formula is C31H28BrN3O2S. The van der Waals surface area contributed by atoms with Gasteiger partial charge in [0.25, 0.3) is 5.91 Å². The van der Waals surface area contributed by atoms with Crippen LogP contribution < -0.4 is 10.1 Å². The number of benzene rings is 3. The van der Waals surface area contributed by atoms with E-state index >= 15 is 0 Å². The first-order valence-electron chi connectivity index (χ1n) is 12.3. The van der Waals surface area contributed by atoms with Crippen molar-refractivity contribution in [1.82, 2.24) is 9.88 Å². The molecule has 1 fully saturated rings. The van der Waals surface area contributed by atoms with Gasteiger partial charge in [-0.2, -0.15) is 0 Å². The minimum absolute atomic E-state index is 0.129. The maximum Gasteiger partial charge on any atom is 0.264 e. The molecule has 7 heteroatoms. The number of aromatic nitrogens is 1. The first-order chi connectivity index (χ1) is 18.3. The quantitative estimate of drug-likeness (QED) is 0.234. The second-order valence-corrected chi connectivity index (χ2v) is 11.3. The van der Waals surface area contributed by atoms with Crippen LogP contribution in [-0.4, -0.2) is 15.6 Å². The minimum atomic E-state index is -0.129. The van der Waals surface area contributed by atoms with Crippen molar-refractivity contribution < 1.29 is 9.53 Å². The van der Waals surface area contributed by atoms with E-state index in [1.54, 1.807) is 0 Å². The number of carbonyl (C=O) groups is 1. The van der Waals surface area contributed by atoms with Crippen LogP contribution in [-0.2, 0) is 11.4 Å². The molecule has 1 aromatic heterocycles. The van der Waals surface area contributed by atoms with E-state index in [1.165, 1.54) is 17.3 Å². The number of ether oxygens (including phenoxy) is 1. The number of nitrogens with zero attached hydrogens (tertiary/aromatic N) is 2. The van der Waals surface area contributed by atoms with Crippen LogP contribution in [0.2, 0.25) is 0 Å². The number of amidine groups is 1. The summed E-state index contributed by atoms with van der Waals surface area (Å²) in [5.74, 6) is 0.687. The van der Waals surface area contributed by atoms with Crippen LogP contribution in [0.3, 0.4) is 0 Å². The van der Waals surface area contributed by atoms with Crippen molar-refractivity contribution in [2.45, 2.75) is 34.3 Å². The van der Waals surface area contributed by atoms with Gasteiger partial charge in [-0.25, -0.2) is 4.99 Å². The number of thioether (sulfide) groups is 1. The molecule has 4 aromatic rings. The molecular weight excluding hydrogens is 558 g/mol. The number of aryl methyl sites for hydroxylation is 3. The molecule has 192 valence electrons. The molecule has 1 aliphatic rings. The molecule has 5 nitrogen and oxygen atoms in total. The summed E-state index contributed by atoms with van der Waals surface area (Å²) in [5, 5.41) is 3.50. The first-order valence-corrected chi connectivity index (χ1v) is 13.9. The van der Waals surface area contributed by atoms with Crippen LogP contribution in [0, 0.1) is 27.7 Å². The van der Waals surface area contributed by atoms with E-state index in [2.05, 4.69) is 75.8 Å². The second kappa shape index (κ2) is 11.1. The number of carbonyl (C=O) groups excluding carboxylic acids is 1. The number of nitrogens with one attached hydrogen (secondary N) is 1. The van der Waals surface area contributed by atoms with Gasteiger partial charge in [-0.05, 0) is 111 Å². The fraction of sp³-hybridized carbons (Fsp3) is 0.161. The SMILES string of the molecule is Cc1ccc(N=C2NC(=O)/C(=C/c3cc(C)n(-c4ccc(OCc5ccc(Br)cc5)cc4)c3C)S2)c(C)c1. The number of rotatable bonds is 6. The van der Waals surface area contributed by atoms with Gasteiger partial charge in [0.15, 0.2) is 5.17 Å². The van der Waals surface area contributed by atoms with Crippen molar-refractivity contribution in [2.75, 3.05) is 0 Å². The summed E-state index contributed by atoms with van der Waals surface area (Å²) < 4.78 is 9.20. The maximum atomic E-state index is 12.7. The fourth-order valence-corrected chi connectivity index (χ4v) is 5.52. The summed E-state index contributed by atoms with van der Waals surface area (Å²) >= 11 is 4.83. The lowest BCUT2D eigenvalue weighted by Crippen LogP contribution is -2.19. The molecule has 1 N–H and O–H groups in total. The first kappa shape index (κ1) is 26.1. The Hall–Kier alpha value is -3.55. The Morgan fingerprint density at radius 2 is 1.71 bits per heavy atom. The second-order valence-electron chi connectivity index (χ2n) is 9.34. The Bertz CT molecular complexity index is 1570. The highest BCUT2D eigenvalue weighted by Crippen LogP contribution is 2.31. The van der Waals surface area contributed by atoms with Crippen LogP contribution >= 0.6 is 27.7 Å². The van der Waals surface area contributed by atoms with Crippen LogP contribution in [0.25, 0.3) is 11.8 Å². The van der Waals surface area contributed by atoms with Gasteiger partial charge < -0.3 is 14.6 Å². The van der Waals surface area contributed by atoms with E-state index < -0.39 is 0 Å². The number of amides is 1. The standard InChI is InChI=1S/C31H28BrN3O2S/c1-19-5-14-28(20(2)15-19)33-31-34-30(36)29(38-31)17-24-16-21(3)35(22(24)4)26-10-12-27(13-11-26)37-18-23-6-8-25(32)9-7-23/h5-17H,18H2,1-4H3,(H,33,34,36)/b29-17-. The predicted octanol–water partition coefficient (Wildman–Crippen LogP) is 7.94. The summed E-state index contributed by atoms with van der Waals surface area (Å²) in [6, 6.07) is 24.4. The highest BCUT2D eigenvalue weighted by Gasteiger charge is 2.25. The molecule has 1 aliphatic heterocycles. The molecule has 0 bridgehead atoms. The Labute approximate surface area is 235 Å². The number of hydrogen-bond donors (Lipinski definition) is 1. The summed E-state index contributed by atoms with van der Waals surface area (Å²) in [5.41, 5.74) is 8.44. The van der Waals surface area contributed by atoms with Crippen molar-refractivity contribution in [1.29, 1.82) is 0 Å². The van der Waals surface area contributed by atoms with Gasteiger partial charge in [0.1, 0.15) is 12.4 Å². The highest BCUT2D eigenvalue weighted by molar-refractivity contribution is 9.10. The molecule has 0 atom stereocenters. The molecule has 1 saturated heterocycles. The molecule has 38 heavy (non-hydrogen) atoms. The Morgan fingerprint density at radius 3 is 2.42 bits per heavy atom.